The highest BCUT2D eigenvalue weighted by Crippen LogP contribution is 2.21. The molecule has 17 heteroatoms. The van der Waals surface area contributed by atoms with Gasteiger partial charge in [-0.05, 0) is 50.6 Å². The van der Waals surface area contributed by atoms with E-state index >= 15 is 0 Å². The monoisotopic (exact) mass is 737 g/mol. The fourth-order valence-corrected chi connectivity index (χ4v) is 6.44. The molecular formula is C36H51N9O8. The number of rotatable bonds is 18. The van der Waals surface area contributed by atoms with E-state index in [2.05, 4.69) is 41.9 Å². The maximum absolute atomic E-state index is 14.2. The van der Waals surface area contributed by atoms with Crippen LogP contribution in [-0.4, -0.2) is 117 Å². The Morgan fingerprint density at radius 1 is 0.906 bits per heavy atom. The summed E-state index contributed by atoms with van der Waals surface area (Å²) in [6, 6.07) is 3.03. The molecule has 288 valence electrons. The van der Waals surface area contributed by atoms with Crippen molar-refractivity contribution in [3.63, 3.8) is 0 Å². The van der Waals surface area contributed by atoms with Gasteiger partial charge in [0.05, 0.1) is 18.9 Å². The van der Waals surface area contributed by atoms with Crippen molar-refractivity contribution >= 4 is 41.4 Å². The van der Waals surface area contributed by atoms with Crippen molar-refractivity contribution in [1.29, 1.82) is 0 Å². The third kappa shape index (κ3) is 11.6. The summed E-state index contributed by atoms with van der Waals surface area (Å²) in [6.45, 7) is 5.68. The maximum atomic E-state index is 14.2. The fraction of sp³-hybridized carbons (Fsp3) is 0.556. The zero-order valence-electron chi connectivity index (χ0n) is 30.4. The number of aromatic nitrogens is 2. The number of nitrogens with one attached hydrogen (secondary N) is 7. The van der Waals surface area contributed by atoms with Crippen molar-refractivity contribution in [3.05, 3.63) is 54.1 Å². The van der Waals surface area contributed by atoms with Gasteiger partial charge in [0.25, 0.3) is 0 Å². The van der Waals surface area contributed by atoms with Crippen LogP contribution in [0.3, 0.4) is 0 Å². The number of carboxylic acids is 1. The number of hydrogen-bond donors (Lipinski definition) is 8. The Kier molecular flexibility index (Phi) is 14.9. The van der Waals surface area contributed by atoms with E-state index in [0.717, 1.165) is 18.5 Å². The number of benzene rings is 1. The van der Waals surface area contributed by atoms with Crippen molar-refractivity contribution in [3.8, 4) is 0 Å². The van der Waals surface area contributed by atoms with E-state index in [0.29, 0.717) is 31.4 Å². The molecule has 2 aliphatic heterocycles. The van der Waals surface area contributed by atoms with Crippen LogP contribution in [0.5, 0.6) is 0 Å². The van der Waals surface area contributed by atoms with E-state index in [-0.39, 0.29) is 43.8 Å². The Morgan fingerprint density at radius 2 is 1.66 bits per heavy atom. The Hall–Kier alpha value is -5.32. The lowest BCUT2D eigenvalue weighted by atomic mass is 9.97. The maximum Gasteiger partial charge on any atom is 0.326 e. The van der Waals surface area contributed by atoms with E-state index < -0.39 is 65.7 Å². The zero-order chi connectivity index (χ0) is 38.5. The minimum Gasteiger partial charge on any atom is -0.480 e. The van der Waals surface area contributed by atoms with Crippen LogP contribution in [0.2, 0.25) is 0 Å². The molecule has 4 rings (SSSR count). The lowest BCUT2D eigenvalue weighted by Crippen LogP contribution is -2.60. The van der Waals surface area contributed by atoms with Gasteiger partial charge in [-0.1, -0.05) is 50.6 Å². The fourth-order valence-electron chi connectivity index (χ4n) is 6.44. The van der Waals surface area contributed by atoms with Gasteiger partial charge in [0.15, 0.2) is 0 Å². The van der Waals surface area contributed by atoms with Gasteiger partial charge in [-0.25, -0.2) is 9.78 Å². The molecule has 1 aromatic heterocycles. The number of H-pyrrole nitrogens is 1. The number of nitrogens with zero attached hydrogens (tertiary/aromatic N) is 2. The van der Waals surface area contributed by atoms with E-state index in [1.807, 2.05) is 6.92 Å². The Labute approximate surface area is 308 Å². The molecule has 17 nitrogen and oxygen atoms in total. The highest BCUT2D eigenvalue weighted by Gasteiger charge is 2.40. The van der Waals surface area contributed by atoms with Crippen LogP contribution in [-0.2, 0) is 46.4 Å². The van der Waals surface area contributed by atoms with Crippen LogP contribution >= 0.6 is 0 Å². The second kappa shape index (κ2) is 19.5. The van der Waals surface area contributed by atoms with Crippen molar-refractivity contribution in [2.45, 2.75) is 102 Å². The summed E-state index contributed by atoms with van der Waals surface area (Å²) in [4.78, 5) is 99.9. The van der Waals surface area contributed by atoms with Gasteiger partial charge in [0, 0.05) is 31.3 Å². The van der Waals surface area contributed by atoms with Gasteiger partial charge in [-0.15, -0.1) is 0 Å². The van der Waals surface area contributed by atoms with Gasteiger partial charge in [-0.2, -0.15) is 0 Å². The van der Waals surface area contributed by atoms with Gasteiger partial charge in [0.2, 0.25) is 35.4 Å². The summed E-state index contributed by atoms with van der Waals surface area (Å²) in [5, 5.41) is 26.1. The molecule has 0 bridgehead atoms. The summed E-state index contributed by atoms with van der Waals surface area (Å²) in [6.07, 6.45) is 5.81. The number of carbonyl (C=O) groups excluding carboxylic acids is 6. The number of aromatic amines is 1. The van der Waals surface area contributed by atoms with E-state index in [4.69, 9.17) is 0 Å². The summed E-state index contributed by atoms with van der Waals surface area (Å²) >= 11 is 0. The Balaban J connectivity index is 1.42. The van der Waals surface area contributed by atoms with Crippen LogP contribution < -0.4 is 31.9 Å². The molecule has 0 aliphatic carbocycles. The smallest absolute Gasteiger partial charge is 0.326 e. The first-order chi connectivity index (χ1) is 25.4. The molecule has 8 N–H and O–H groups in total. The highest BCUT2D eigenvalue weighted by atomic mass is 16.4. The van der Waals surface area contributed by atoms with Crippen LogP contribution in [0.15, 0.2) is 42.9 Å². The van der Waals surface area contributed by atoms with Crippen LogP contribution in [0.25, 0.3) is 0 Å². The van der Waals surface area contributed by atoms with Gasteiger partial charge >= 0.3 is 5.97 Å². The largest absolute Gasteiger partial charge is 0.480 e. The van der Waals surface area contributed by atoms with E-state index in [1.54, 1.807) is 37.3 Å². The molecule has 2 fully saturated rings. The predicted octanol–water partition coefficient (Wildman–Crippen LogP) is -0.856. The highest BCUT2D eigenvalue weighted by molar-refractivity contribution is 5.97. The van der Waals surface area contributed by atoms with Crippen LogP contribution in [0, 0.1) is 5.92 Å². The molecule has 0 saturated carbocycles. The first kappa shape index (κ1) is 40.5. The molecule has 7 atom stereocenters. The Bertz CT molecular complexity index is 1580. The van der Waals surface area contributed by atoms with Crippen molar-refractivity contribution in [1.82, 2.24) is 46.8 Å². The molecule has 6 amide bonds. The summed E-state index contributed by atoms with van der Waals surface area (Å²) in [7, 11) is 0. The first-order valence-electron chi connectivity index (χ1n) is 18.1. The minimum absolute atomic E-state index is 0.00308. The molecule has 2 aromatic rings. The normalized spacial score (nSPS) is 19.6. The predicted molar refractivity (Wildman–Crippen MR) is 192 cm³/mol. The molecule has 0 spiro atoms. The standard InChI is InChI=1S/C36H51N9O8/c1-4-21(2)30(44-31(47)22(3)41-29(46)19-39-32(48)25-12-8-14-38-25)34(50)42-26(17-24-18-37-20-40-24)35(51)45-15-9-13-28(45)33(49)43-27(36(52)53)16-23-10-6-5-7-11-23/h5-7,10-11,18,20-22,25-28,30,38H,4,8-9,12-17,19H2,1-3H3,(H,37,40)(H,39,48)(H,41,46)(H,42,50)(H,43,49)(H,44,47)(H,52,53)/t21-,22-,25-,26-,27-,28-,30-/m0/s1. The average Bonchev–Trinajstić information content (AvgIpc) is 3.96. The molecular weight excluding hydrogens is 686 g/mol. The Morgan fingerprint density at radius 3 is 2.30 bits per heavy atom. The molecule has 2 aliphatic rings. The number of aliphatic carboxylic acids is 1. The second-order valence-corrected chi connectivity index (χ2v) is 13.6. The number of imidazole rings is 1. The zero-order valence-corrected chi connectivity index (χ0v) is 30.4. The van der Waals surface area contributed by atoms with Gasteiger partial charge in [-0.3, -0.25) is 28.8 Å². The number of amides is 6. The quantitative estimate of drug-likeness (QED) is 0.0942. The third-order valence-electron chi connectivity index (χ3n) is 9.69. The number of carbonyl (C=O) groups is 7. The van der Waals surface area contributed by atoms with Gasteiger partial charge in [0.1, 0.15) is 30.2 Å². The molecule has 0 radical (unpaired) electrons. The molecule has 1 aromatic carbocycles. The van der Waals surface area contributed by atoms with E-state index in [1.165, 1.54) is 24.3 Å². The van der Waals surface area contributed by atoms with Crippen LogP contribution in [0.4, 0.5) is 0 Å². The number of carboxylic acid groups (broad SMARTS) is 1. The third-order valence-corrected chi connectivity index (χ3v) is 9.69. The number of likely N-dealkylation sites (tertiary alicyclic amines) is 1. The molecule has 0 unspecified atom stereocenters. The average molecular weight is 738 g/mol. The summed E-state index contributed by atoms with van der Waals surface area (Å²) < 4.78 is 0. The van der Waals surface area contributed by atoms with Gasteiger partial charge < -0.3 is 46.9 Å². The first-order valence-corrected chi connectivity index (χ1v) is 18.1. The second-order valence-electron chi connectivity index (χ2n) is 13.6. The lowest BCUT2D eigenvalue weighted by molar-refractivity contribution is -0.145. The van der Waals surface area contributed by atoms with Crippen molar-refractivity contribution in [2.24, 2.45) is 5.92 Å². The SMILES string of the molecule is CC[C@H](C)[C@H](NC(=O)[C@H](C)NC(=O)CNC(=O)[C@@H]1CCCN1)C(=O)N[C@@H](Cc1cnc[nH]1)C(=O)N1CCC[C@H]1C(=O)N[C@@H](Cc1ccccc1)C(=O)O. The topological polar surface area (TPSA) is 244 Å². The van der Waals surface area contributed by atoms with Crippen LogP contribution in [0.1, 0.15) is 64.1 Å². The summed E-state index contributed by atoms with van der Waals surface area (Å²) in [5.41, 5.74) is 1.26. The van der Waals surface area contributed by atoms with Crippen molar-refractivity contribution < 1.29 is 38.7 Å². The van der Waals surface area contributed by atoms with E-state index in [9.17, 15) is 38.7 Å². The summed E-state index contributed by atoms with van der Waals surface area (Å²) in [5.74, 6) is -4.91. The number of hydrogen-bond acceptors (Lipinski definition) is 9. The molecule has 2 saturated heterocycles. The lowest BCUT2D eigenvalue weighted by Gasteiger charge is -2.31. The molecule has 53 heavy (non-hydrogen) atoms. The minimum atomic E-state index is -1.22. The van der Waals surface area contributed by atoms with Crippen molar-refractivity contribution in [2.75, 3.05) is 19.6 Å². The molecule has 3 heterocycles.